The highest BCUT2D eigenvalue weighted by Crippen LogP contribution is 2.57. The second kappa shape index (κ2) is 14.2. The number of pyridine rings is 2. The van der Waals surface area contributed by atoms with Crippen LogP contribution >= 0.6 is 0 Å². The molecule has 2 bridgehead atoms. The number of amides is 4. The third-order valence-electron chi connectivity index (χ3n) is 12.1. The van der Waals surface area contributed by atoms with Crippen LogP contribution in [-0.4, -0.2) is 132 Å². The maximum atomic E-state index is 13.8. The minimum atomic E-state index is -0.528. The second-order valence-corrected chi connectivity index (χ2v) is 14.7. The van der Waals surface area contributed by atoms with Crippen molar-refractivity contribution in [3.05, 3.63) is 60.9 Å². The van der Waals surface area contributed by atoms with Crippen molar-refractivity contribution in [3.8, 4) is 0 Å². The molecule has 12 nitrogen and oxygen atoms in total. The number of allylic oxidation sites excluding steroid dienone is 2. The van der Waals surface area contributed by atoms with Gasteiger partial charge in [0.2, 0.25) is 23.6 Å². The Kier molecular flexibility index (Phi) is 9.39. The lowest BCUT2D eigenvalue weighted by Gasteiger charge is -2.44. The summed E-state index contributed by atoms with van der Waals surface area (Å²) in [4.78, 5) is 76.3. The molecule has 2 aromatic heterocycles. The molecule has 3 aliphatic carbocycles. The van der Waals surface area contributed by atoms with Crippen LogP contribution in [0, 0.1) is 35.5 Å². The summed E-state index contributed by atoms with van der Waals surface area (Å²) in [5, 5.41) is 0. The van der Waals surface area contributed by atoms with Crippen LogP contribution in [0.1, 0.15) is 25.7 Å². The Hall–Kier alpha value is -4.16. The van der Waals surface area contributed by atoms with Crippen LogP contribution in [0.2, 0.25) is 0 Å². The molecule has 12 heteroatoms. The number of rotatable bonds is 12. The van der Waals surface area contributed by atoms with Gasteiger partial charge in [-0.1, -0.05) is 24.3 Å². The van der Waals surface area contributed by atoms with Gasteiger partial charge >= 0.3 is 0 Å². The number of likely N-dealkylation sites (tertiary alicyclic amines) is 2. The van der Waals surface area contributed by atoms with Crippen molar-refractivity contribution in [2.24, 2.45) is 35.5 Å². The van der Waals surface area contributed by atoms with Crippen molar-refractivity contribution >= 4 is 35.3 Å². The first-order valence-electron chi connectivity index (χ1n) is 18.6. The molecule has 6 heterocycles. The summed E-state index contributed by atoms with van der Waals surface area (Å²) in [5.41, 5.74) is 0. The van der Waals surface area contributed by atoms with E-state index in [4.69, 9.17) is 0 Å². The van der Waals surface area contributed by atoms with Crippen LogP contribution < -0.4 is 9.80 Å². The summed E-state index contributed by atoms with van der Waals surface area (Å²) < 4.78 is 0. The van der Waals surface area contributed by atoms with Crippen molar-refractivity contribution < 1.29 is 19.2 Å². The summed E-state index contributed by atoms with van der Waals surface area (Å²) in [6.45, 7) is 10.2. The predicted octanol–water partition coefficient (Wildman–Crippen LogP) is 2.00. The van der Waals surface area contributed by atoms with E-state index in [2.05, 4.69) is 29.6 Å². The molecule has 0 spiro atoms. The molecule has 0 radical (unpaired) electrons. The lowest BCUT2D eigenvalue weighted by atomic mass is 9.54. The minimum Gasteiger partial charge on any atom is -0.354 e. The molecule has 264 valence electrons. The molecule has 50 heavy (non-hydrogen) atoms. The zero-order valence-electron chi connectivity index (χ0n) is 28.8. The highest BCUT2D eigenvalue weighted by molar-refractivity contribution is 6.10. The minimum absolute atomic E-state index is 0.149. The summed E-state index contributed by atoms with van der Waals surface area (Å²) >= 11 is 0. The second-order valence-electron chi connectivity index (χ2n) is 14.7. The summed E-state index contributed by atoms with van der Waals surface area (Å²) in [7, 11) is 0. The van der Waals surface area contributed by atoms with Gasteiger partial charge in [-0.3, -0.25) is 38.8 Å². The Morgan fingerprint density at radius 1 is 0.480 bits per heavy atom. The summed E-state index contributed by atoms with van der Waals surface area (Å²) in [6, 6.07) is 12.0. The fourth-order valence-electron chi connectivity index (χ4n) is 9.48. The number of piperazine rings is 2. The van der Waals surface area contributed by atoms with Crippen molar-refractivity contribution in [1.29, 1.82) is 0 Å². The number of hydrogen-bond donors (Lipinski definition) is 0. The molecule has 9 rings (SSSR count). The molecule has 1 saturated carbocycles. The first-order chi connectivity index (χ1) is 24.5. The summed E-state index contributed by atoms with van der Waals surface area (Å²) in [6.07, 6.45) is 10.9. The maximum Gasteiger partial charge on any atom is 0.233 e. The molecule has 4 atom stereocenters. The van der Waals surface area contributed by atoms with Crippen LogP contribution in [0.15, 0.2) is 60.9 Å². The zero-order chi connectivity index (χ0) is 34.2. The van der Waals surface area contributed by atoms with E-state index in [1.165, 1.54) is 9.80 Å². The van der Waals surface area contributed by atoms with E-state index in [9.17, 15) is 19.2 Å². The van der Waals surface area contributed by atoms with E-state index in [0.717, 1.165) is 103 Å². The average molecular weight is 681 g/mol. The first kappa shape index (κ1) is 33.0. The van der Waals surface area contributed by atoms with Crippen LogP contribution in [0.3, 0.4) is 0 Å². The van der Waals surface area contributed by atoms with Crippen LogP contribution in [0.4, 0.5) is 11.6 Å². The topological polar surface area (TPSA) is 114 Å². The lowest BCUT2D eigenvalue weighted by molar-refractivity contribution is -0.140. The highest BCUT2D eigenvalue weighted by atomic mass is 16.2. The number of imide groups is 2. The monoisotopic (exact) mass is 680 g/mol. The van der Waals surface area contributed by atoms with E-state index >= 15 is 0 Å². The lowest BCUT2D eigenvalue weighted by Crippen LogP contribution is -2.50. The molecule has 0 aromatic carbocycles. The number of aromatic nitrogens is 2. The molecule has 7 aliphatic rings. The molecule has 4 saturated heterocycles. The number of hydrogen-bond acceptors (Lipinski definition) is 10. The summed E-state index contributed by atoms with van der Waals surface area (Å²) in [5.74, 6) is -1.45. The molecule has 2 aromatic rings. The van der Waals surface area contributed by atoms with Crippen LogP contribution in [-0.2, 0) is 19.2 Å². The van der Waals surface area contributed by atoms with Gasteiger partial charge < -0.3 is 9.80 Å². The molecule has 0 N–H and O–H groups in total. The van der Waals surface area contributed by atoms with E-state index in [1.807, 2.05) is 60.9 Å². The largest absolute Gasteiger partial charge is 0.354 e. The SMILES string of the molecule is O=C1C2C3C=CC(C2C(=O)N1CCCCN1CCN(c2ccccn2)CC1)C1C(=O)N(CCCCN2CCN(c4ccccn4)CC2)C(=O)C31. The number of unbranched alkanes of at least 4 members (excludes halogenated alkanes) is 2. The fourth-order valence-corrected chi connectivity index (χ4v) is 9.48. The Morgan fingerprint density at radius 2 is 0.840 bits per heavy atom. The van der Waals surface area contributed by atoms with E-state index in [-0.39, 0.29) is 35.5 Å². The van der Waals surface area contributed by atoms with Crippen molar-refractivity contribution in [2.45, 2.75) is 25.7 Å². The quantitative estimate of drug-likeness (QED) is 0.188. The number of carbonyl (C=O) groups excluding carboxylic acids is 4. The van der Waals surface area contributed by atoms with Crippen molar-refractivity contribution in [3.63, 3.8) is 0 Å². The molecular weight excluding hydrogens is 632 g/mol. The molecular formula is C38H48N8O4. The van der Waals surface area contributed by atoms with E-state index in [0.29, 0.717) is 13.1 Å². The van der Waals surface area contributed by atoms with Crippen LogP contribution in [0.25, 0.3) is 0 Å². The third-order valence-corrected chi connectivity index (χ3v) is 12.1. The van der Waals surface area contributed by atoms with Crippen molar-refractivity contribution in [2.75, 3.05) is 88.3 Å². The van der Waals surface area contributed by atoms with Gasteiger partial charge in [0, 0.05) is 89.7 Å². The average Bonchev–Trinajstić information content (AvgIpc) is 3.59. The molecule has 4 aliphatic heterocycles. The van der Waals surface area contributed by atoms with Gasteiger partial charge in [-0.2, -0.15) is 0 Å². The van der Waals surface area contributed by atoms with E-state index in [1.54, 1.807) is 0 Å². The van der Waals surface area contributed by atoms with Gasteiger partial charge in [-0.05, 0) is 63.0 Å². The molecule has 5 fully saturated rings. The van der Waals surface area contributed by atoms with E-state index < -0.39 is 23.7 Å². The van der Waals surface area contributed by atoms with Crippen LogP contribution in [0.5, 0.6) is 0 Å². The Labute approximate surface area is 294 Å². The Bertz CT molecular complexity index is 1430. The Morgan fingerprint density at radius 3 is 1.18 bits per heavy atom. The van der Waals surface area contributed by atoms with Crippen molar-refractivity contribution in [1.82, 2.24) is 29.6 Å². The first-order valence-corrected chi connectivity index (χ1v) is 18.6. The van der Waals surface area contributed by atoms with Gasteiger partial charge in [-0.15, -0.1) is 0 Å². The van der Waals surface area contributed by atoms with Gasteiger partial charge in [0.15, 0.2) is 0 Å². The van der Waals surface area contributed by atoms with Gasteiger partial charge in [0.25, 0.3) is 0 Å². The number of anilines is 2. The Balaban J connectivity index is 0.794. The molecule has 4 unspecified atom stereocenters. The molecule has 4 amide bonds. The normalized spacial score (nSPS) is 29.8. The fraction of sp³-hybridized carbons (Fsp3) is 0.579. The highest BCUT2D eigenvalue weighted by Gasteiger charge is 2.68. The smallest absolute Gasteiger partial charge is 0.233 e. The third kappa shape index (κ3) is 6.10. The predicted molar refractivity (Wildman–Crippen MR) is 188 cm³/mol. The zero-order valence-corrected chi connectivity index (χ0v) is 28.8. The standard InChI is InChI=1S/C38H48N8O4/c47-35-31-27-11-12-28(32(31)36(48)45(35)17-7-5-15-41-19-23-43(24-20-41)29-9-1-3-13-39-29)34-33(27)37(49)46(38(34)50)18-8-6-16-42-21-25-44(26-22-42)30-10-2-4-14-40-30/h1-4,9-14,27-28,31-34H,5-8,15-26H2. The van der Waals surface area contributed by atoms with Gasteiger partial charge in [0.1, 0.15) is 11.6 Å². The van der Waals surface area contributed by atoms with Gasteiger partial charge in [-0.25, -0.2) is 9.97 Å². The number of carbonyl (C=O) groups is 4. The number of nitrogens with zero attached hydrogens (tertiary/aromatic N) is 8. The maximum absolute atomic E-state index is 13.8. The van der Waals surface area contributed by atoms with Gasteiger partial charge in [0.05, 0.1) is 23.7 Å².